The van der Waals surface area contributed by atoms with Gasteiger partial charge in [-0.25, -0.2) is 0 Å². The maximum absolute atomic E-state index is 11.2. The van der Waals surface area contributed by atoms with Crippen LogP contribution < -0.4 is 0 Å². The van der Waals surface area contributed by atoms with Gasteiger partial charge in [0, 0.05) is 6.42 Å². The average Bonchev–Trinajstić information content (AvgIpc) is 2.33. The van der Waals surface area contributed by atoms with Crippen molar-refractivity contribution in [2.75, 3.05) is 6.61 Å². The molecule has 0 aromatic carbocycles. The zero-order valence-electron chi connectivity index (χ0n) is 10.4. The molecule has 0 spiro atoms. The van der Waals surface area contributed by atoms with Gasteiger partial charge < -0.3 is 4.74 Å². The SMILES string of the molecule is CCCCC(=O)OCC=CC1CCCCC1. The number of allylic oxidation sites excluding steroid dienone is 1. The Kier molecular flexibility index (Phi) is 6.95. The average molecular weight is 224 g/mol. The number of esters is 1. The van der Waals surface area contributed by atoms with Crippen molar-refractivity contribution < 1.29 is 9.53 Å². The van der Waals surface area contributed by atoms with E-state index >= 15 is 0 Å². The summed E-state index contributed by atoms with van der Waals surface area (Å²) in [5.41, 5.74) is 0. The van der Waals surface area contributed by atoms with Crippen LogP contribution in [0.3, 0.4) is 0 Å². The number of carbonyl (C=O) groups excluding carboxylic acids is 1. The van der Waals surface area contributed by atoms with Gasteiger partial charge in [0.2, 0.25) is 0 Å². The van der Waals surface area contributed by atoms with Gasteiger partial charge in [0.05, 0.1) is 0 Å². The first-order chi connectivity index (χ1) is 7.83. The van der Waals surface area contributed by atoms with E-state index in [0.717, 1.165) is 18.8 Å². The quantitative estimate of drug-likeness (QED) is 0.506. The van der Waals surface area contributed by atoms with Crippen molar-refractivity contribution in [1.29, 1.82) is 0 Å². The molecule has 1 fully saturated rings. The molecule has 16 heavy (non-hydrogen) atoms. The number of rotatable bonds is 6. The second-order valence-corrected chi connectivity index (χ2v) is 4.61. The molecular formula is C14H24O2. The lowest BCUT2D eigenvalue weighted by molar-refractivity contribution is -0.142. The Labute approximate surface area is 99.1 Å². The largest absolute Gasteiger partial charge is 0.461 e. The van der Waals surface area contributed by atoms with Gasteiger partial charge in [0.15, 0.2) is 0 Å². The molecule has 0 aliphatic heterocycles. The molecule has 2 heteroatoms. The van der Waals surface area contributed by atoms with E-state index in [4.69, 9.17) is 4.74 Å². The monoisotopic (exact) mass is 224 g/mol. The molecule has 0 heterocycles. The van der Waals surface area contributed by atoms with Crippen LogP contribution in [0, 0.1) is 5.92 Å². The van der Waals surface area contributed by atoms with E-state index in [1.807, 2.05) is 6.08 Å². The summed E-state index contributed by atoms with van der Waals surface area (Å²) >= 11 is 0. The predicted octanol–water partition coefficient (Wildman–Crippen LogP) is 3.86. The first-order valence-electron chi connectivity index (χ1n) is 6.65. The fourth-order valence-electron chi connectivity index (χ4n) is 2.11. The standard InChI is InChI=1S/C14H24O2/c1-2-3-11-14(15)16-12-7-10-13-8-5-4-6-9-13/h7,10,13H,2-6,8-9,11-12H2,1H3. The summed E-state index contributed by atoms with van der Waals surface area (Å²) in [4.78, 5) is 11.2. The number of ether oxygens (including phenoxy) is 1. The number of unbranched alkanes of at least 4 members (excludes halogenated alkanes) is 1. The van der Waals surface area contributed by atoms with Gasteiger partial charge >= 0.3 is 5.97 Å². The Balaban J connectivity index is 2.04. The van der Waals surface area contributed by atoms with Crippen molar-refractivity contribution in [3.05, 3.63) is 12.2 Å². The second kappa shape index (κ2) is 8.37. The lowest BCUT2D eigenvalue weighted by atomic mass is 9.89. The Morgan fingerprint density at radius 2 is 2.06 bits per heavy atom. The topological polar surface area (TPSA) is 26.3 Å². The van der Waals surface area contributed by atoms with E-state index < -0.39 is 0 Å². The van der Waals surface area contributed by atoms with Crippen LogP contribution in [0.25, 0.3) is 0 Å². The lowest BCUT2D eigenvalue weighted by Crippen LogP contribution is -2.05. The second-order valence-electron chi connectivity index (χ2n) is 4.61. The Morgan fingerprint density at radius 3 is 2.75 bits per heavy atom. The molecule has 0 N–H and O–H groups in total. The van der Waals surface area contributed by atoms with Crippen LogP contribution in [-0.2, 0) is 9.53 Å². The van der Waals surface area contributed by atoms with Crippen LogP contribution >= 0.6 is 0 Å². The number of carbonyl (C=O) groups is 1. The van der Waals surface area contributed by atoms with Gasteiger partial charge in [-0.1, -0.05) is 44.8 Å². The predicted molar refractivity (Wildman–Crippen MR) is 66.2 cm³/mol. The summed E-state index contributed by atoms with van der Waals surface area (Å²) in [5, 5.41) is 0. The van der Waals surface area contributed by atoms with Crippen LogP contribution in [0.5, 0.6) is 0 Å². The molecule has 1 rings (SSSR count). The van der Waals surface area contributed by atoms with E-state index in [1.54, 1.807) is 0 Å². The van der Waals surface area contributed by atoms with E-state index in [9.17, 15) is 4.79 Å². The van der Waals surface area contributed by atoms with Crippen molar-refractivity contribution in [3.63, 3.8) is 0 Å². The molecule has 2 nitrogen and oxygen atoms in total. The Morgan fingerprint density at radius 1 is 1.31 bits per heavy atom. The van der Waals surface area contributed by atoms with Crippen LogP contribution in [0.15, 0.2) is 12.2 Å². The highest BCUT2D eigenvalue weighted by Gasteiger charge is 2.09. The third-order valence-corrected chi connectivity index (χ3v) is 3.13. The fraction of sp³-hybridized carbons (Fsp3) is 0.786. The highest BCUT2D eigenvalue weighted by atomic mass is 16.5. The van der Waals surface area contributed by atoms with Crippen molar-refractivity contribution in [1.82, 2.24) is 0 Å². The molecule has 0 aromatic rings. The minimum atomic E-state index is -0.0601. The summed E-state index contributed by atoms with van der Waals surface area (Å²) in [6.45, 7) is 2.54. The summed E-state index contributed by atoms with van der Waals surface area (Å²) in [6.07, 6.45) is 13.5. The number of hydrogen-bond acceptors (Lipinski definition) is 2. The summed E-state index contributed by atoms with van der Waals surface area (Å²) in [7, 11) is 0. The molecule has 0 aromatic heterocycles. The van der Waals surface area contributed by atoms with Crippen LogP contribution in [0.1, 0.15) is 58.3 Å². The van der Waals surface area contributed by atoms with Crippen molar-refractivity contribution >= 4 is 5.97 Å². The highest BCUT2D eigenvalue weighted by molar-refractivity contribution is 5.69. The summed E-state index contributed by atoms with van der Waals surface area (Å²) in [5.74, 6) is 0.665. The molecule has 0 atom stereocenters. The third kappa shape index (κ3) is 5.94. The van der Waals surface area contributed by atoms with Gasteiger partial charge in [0.1, 0.15) is 6.61 Å². The summed E-state index contributed by atoms with van der Waals surface area (Å²) < 4.78 is 5.11. The van der Waals surface area contributed by atoms with Gasteiger partial charge in [0.25, 0.3) is 0 Å². The first kappa shape index (κ1) is 13.3. The molecule has 0 radical (unpaired) electrons. The zero-order chi connectivity index (χ0) is 11.6. The first-order valence-corrected chi connectivity index (χ1v) is 6.65. The van der Waals surface area contributed by atoms with Crippen molar-refractivity contribution in [3.8, 4) is 0 Å². The number of hydrogen-bond donors (Lipinski definition) is 0. The fourth-order valence-corrected chi connectivity index (χ4v) is 2.11. The highest BCUT2D eigenvalue weighted by Crippen LogP contribution is 2.24. The maximum atomic E-state index is 11.2. The third-order valence-electron chi connectivity index (χ3n) is 3.13. The van der Waals surface area contributed by atoms with Gasteiger partial charge in [-0.3, -0.25) is 4.79 Å². The molecule has 1 saturated carbocycles. The molecule has 92 valence electrons. The van der Waals surface area contributed by atoms with E-state index in [1.165, 1.54) is 32.1 Å². The van der Waals surface area contributed by atoms with Crippen molar-refractivity contribution in [2.24, 2.45) is 5.92 Å². The molecule has 0 unspecified atom stereocenters. The van der Waals surface area contributed by atoms with E-state index in [-0.39, 0.29) is 5.97 Å². The van der Waals surface area contributed by atoms with E-state index in [0.29, 0.717) is 13.0 Å². The molecule has 0 bridgehead atoms. The molecular weight excluding hydrogens is 200 g/mol. The zero-order valence-corrected chi connectivity index (χ0v) is 10.4. The van der Waals surface area contributed by atoms with E-state index in [2.05, 4.69) is 13.0 Å². The molecule has 1 aliphatic carbocycles. The minimum absolute atomic E-state index is 0.0601. The minimum Gasteiger partial charge on any atom is -0.461 e. The molecule has 0 amide bonds. The van der Waals surface area contributed by atoms with Crippen molar-refractivity contribution in [2.45, 2.75) is 58.3 Å². The van der Waals surface area contributed by atoms with Crippen LogP contribution in [0.4, 0.5) is 0 Å². The summed E-state index contributed by atoms with van der Waals surface area (Å²) in [6, 6.07) is 0. The smallest absolute Gasteiger partial charge is 0.306 e. The van der Waals surface area contributed by atoms with Gasteiger partial charge in [-0.2, -0.15) is 0 Å². The molecule has 0 saturated heterocycles. The van der Waals surface area contributed by atoms with Crippen LogP contribution in [0.2, 0.25) is 0 Å². The normalized spacial score (nSPS) is 17.8. The van der Waals surface area contributed by atoms with Gasteiger partial charge in [-0.05, 0) is 25.2 Å². The molecule has 1 aliphatic rings. The Bertz CT molecular complexity index is 215. The lowest BCUT2D eigenvalue weighted by Gasteiger charge is -2.17. The van der Waals surface area contributed by atoms with Crippen LogP contribution in [-0.4, -0.2) is 12.6 Å². The Hall–Kier alpha value is -0.790. The van der Waals surface area contributed by atoms with Gasteiger partial charge in [-0.15, -0.1) is 0 Å². The maximum Gasteiger partial charge on any atom is 0.306 e.